The van der Waals surface area contributed by atoms with E-state index in [0.29, 0.717) is 50.1 Å². The molecule has 1 fully saturated rings. The summed E-state index contributed by atoms with van der Waals surface area (Å²) >= 11 is 11.5. The molecule has 12 heteroatoms. The van der Waals surface area contributed by atoms with Crippen LogP contribution in [-0.4, -0.2) is 48.9 Å². The Morgan fingerprint density at radius 3 is 3.00 bits per heavy atom. The first-order chi connectivity index (χ1) is 17.4. The minimum absolute atomic E-state index is 0.0158. The Kier molecular flexibility index (Phi) is 8.89. The highest BCUT2D eigenvalue weighted by Crippen LogP contribution is 2.35. The van der Waals surface area contributed by atoms with Gasteiger partial charge in [-0.15, -0.1) is 0 Å². The number of carbonyl (C=O) groups excluding carboxylic acids is 1. The SMILES string of the molecule is O=C1NCCC(NCc2ccncc2OCC2CCOC2)=C1C(=S)Nc1cccc(Cl)c1OC(F)F. The van der Waals surface area contributed by atoms with Crippen molar-refractivity contribution in [3.8, 4) is 11.5 Å². The predicted octanol–water partition coefficient (Wildman–Crippen LogP) is 4.05. The van der Waals surface area contributed by atoms with Gasteiger partial charge in [-0.05, 0) is 24.6 Å². The largest absolute Gasteiger partial charge is 0.491 e. The van der Waals surface area contributed by atoms with Crippen molar-refractivity contribution in [3.05, 3.63) is 58.5 Å². The van der Waals surface area contributed by atoms with Gasteiger partial charge in [0.15, 0.2) is 5.75 Å². The maximum atomic E-state index is 12.9. The number of nitrogens with zero attached hydrogens (tertiary/aromatic N) is 1. The van der Waals surface area contributed by atoms with E-state index in [-0.39, 0.29) is 32.9 Å². The number of halogens is 3. The van der Waals surface area contributed by atoms with Gasteiger partial charge < -0.3 is 30.2 Å². The number of ether oxygens (including phenoxy) is 3. The van der Waals surface area contributed by atoms with Gasteiger partial charge >= 0.3 is 6.61 Å². The number of carbonyl (C=O) groups is 1. The molecule has 8 nitrogen and oxygen atoms in total. The quantitative estimate of drug-likeness (QED) is 0.390. The lowest BCUT2D eigenvalue weighted by atomic mass is 10.1. The third-order valence-electron chi connectivity index (χ3n) is 5.70. The molecule has 1 saturated heterocycles. The Balaban J connectivity index is 1.50. The van der Waals surface area contributed by atoms with Crippen molar-refractivity contribution in [2.75, 3.05) is 31.7 Å². The van der Waals surface area contributed by atoms with Crippen molar-refractivity contribution >= 4 is 40.4 Å². The number of hydrogen-bond donors (Lipinski definition) is 3. The summed E-state index contributed by atoms with van der Waals surface area (Å²) in [5.41, 5.74) is 1.81. The van der Waals surface area contributed by atoms with Crippen molar-refractivity contribution in [3.63, 3.8) is 0 Å². The molecule has 36 heavy (non-hydrogen) atoms. The maximum Gasteiger partial charge on any atom is 0.387 e. The van der Waals surface area contributed by atoms with Gasteiger partial charge in [0, 0.05) is 49.5 Å². The number of benzene rings is 1. The molecule has 0 saturated carbocycles. The van der Waals surface area contributed by atoms with Crippen LogP contribution in [0.5, 0.6) is 11.5 Å². The molecule has 0 spiro atoms. The Labute approximate surface area is 217 Å². The third kappa shape index (κ3) is 6.59. The molecule has 2 aliphatic heterocycles. The molecule has 3 heterocycles. The predicted molar refractivity (Wildman–Crippen MR) is 134 cm³/mol. The molecule has 1 aromatic heterocycles. The van der Waals surface area contributed by atoms with Crippen molar-refractivity contribution in [1.82, 2.24) is 15.6 Å². The lowest BCUT2D eigenvalue weighted by Gasteiger charge is -2.24. The number of thiocarbonyl (C=S) groups is 1. The Bertz CT molecular complexity index is 1140. The zero-order valence-electron chi connectivity index (χ0n) is 19.2. The van der Waals surface area contributed by atoms with E-state index in [1.54, 1.807) is 18.5 Å². The maximum absolute atomic E-state index is 12.9. The monoisotopic (exact) mass is 538 g/mol. The molecule has 0 radical (unpaired) electrons. The zero-order valence-corrected chi connectivity index (χ0v) is 20.8. The molecule has 1 unspecified atom stereocenters. The number of rotatable bonds is 10. The number of amides is 1. The second-order valence-electron chi connectivity index (χ2n) is 8.19. The molecular weight excluding hydrogens is 514 g/mol. The summed E-state index contributed by atoms with van der Waals surface area (Å²) < 4.78 is 41.7. The smallest absolute Gasteiger partial charge is 0.387 e. The standard InChI is InChI=1S/C24H25ClF2N4O4S/c25-16-2-1-3-18(21(16)35-24(26)27)31-23(36)20-17(5-8-29-22(20)32)30-10-15-4-7-28-11-19(15)34-13-14-6-9-33-12-14/h1-4,7,11,14,24,30H,5-6,8-10,12-13H2,(H,29,32)(H,31,36). The molecule has 4 rings (SSSR count). The fourth-order valence-corrected chi connectivity index (χ4v) is 4.42. The fourth-order valence-electron chi connectivity index (χ4n) is 3.88. The Morgan fingerprint density at radius 1 is 1.36 bits per heavy atom. The summed E-state index contributed by atoms with van der Waals surface area (Å²) in [5.74, 6) is 0.352. The highest BCUT2D eigenvalue weighted by Gasteiger charge is 2.26. The minimum atomic E-state index is -3.08. The number of nitrogens with one attached hydrogen (secondary N) is 3. The number of alkyl halides is 2. The van der Waals surface area contributed by atoms with Gasteiger partial charge in [0.1, 0.15) is 10.7 Å². The summed E-state index contributed by atoms with van der Waals surface area (Å²) in [7, 11) is 0. The van der Waals surface area contributed by atoms with E-state index in [0.717, 1.165) is 18.6 Å². The molecule has 1 aromatic carbocycles. The van der Waals surface area contributed by atoms with Crippen LogP contribution in [0.15, 0.2) is 47.9 Å². The third-order valence-corrected chi connectivity index (χ3v) is 6.30. The van der Waals surface area contributed by atoms with Gasteiger partial charge in [-0.3, -0.25) is 9.78 Å². The first-order valence-electron chi connectivity index (χ1n) is 11.4. The number of hydrogen-bond acceptors (Lipinski definition) is 7. The number of pyridine rings is 1. The molecule has 192 valence electrons. The lowest BCUT2D eigenvalue weighted by molar-refractivity contribution is -0.117. The van der Waals surface area contributed by atoms with Crippen molar-refractivity contribution < 1.29 is 27.8 Å². The van der Waals surface area contributed by atoms with Crippen LogP contribution in [0.1, 0.15) is 18.4 Å². The van der Waals surface area contributed by atoms with Gasteiger partial charge in [0.2, 0.25) is 0 Å². The topological polar surface area (TPSA) is 93.7 Å². The minimum Gasteiger partial charge on any atom is -0.491 e. The summed E-state index contributed by atoms with van der Waals surface area (Å²) in [6, 6.07) is 6.30. The van der Waals surface area contributed by atoms with Gasteiger partial charge in [-0.25, -0.2) is 0 Å². The van der Waals surface area contributed by atoms with Crippen LogP contribution in [-0.2, 0) is 16.1 Å². The fraction of sp³-hybridized carbons (Fsp3) is 0.375. The molecule has 1 amide bonds. The average molecular weight is 539 g/mol. The first kappa shape index (κ1) is 26.1. The van der Waals surface area contributed by atoms with E-state index in [2.05, 4.69) is 25.7 Å². The summed E-state index contributed by atoms with van der Waals surface area (Å²) in [6.45, 7) is -0.332. The number of para-hydroxylation sites is 1. The van der Waals surface area contributed by atoms with Gasteiger partial charge in [-0.2, -0.15) is 8.78 Å². The van der Waals surface area contributed by atoms with Crippen LogP contribution in [0, 0.1) is 5.92 Å². The first-order valence-corrected chi connectivity index (χ1v) is 12.1. The van der Waals surface area contributed by atoms with Crippen LogP contribution in [0.3, 0.4) is 0 Å². The molecule has 2 aliphatic rings. The van der Waals surface area contributed by atoms with Crippen LogP contribution < -0.4 is 25.4 Å². The van der Waals surface area contributed by atoms with E-state index < -0.39 is 6.61 Å². The second-order valence-corrected chi connectivity index (χ2v) is 9.00. The van der Waals surface area contributed by atoms with Gasteiger partial charge in [0.05, 0.1) is 35.7 Å². The van der Waals surface area contributed by atoms with Crippen molar-refractivity contribution in [2.45, 2.75) is 26.0 Å². The van der Waals surface area contributed by atoms with E-state index in [4.69, 9.17) is 33.3 Å². The van der Waals surface area contributed by atoms with Crippen LogP contribution in [0.2, 0.25) is 5.02 Å². The van der Waals surface area contributed by atoms with Crippen molar-refractivity contribution in [1.29, 1.82) is 0 Å². The van der Waals surface area contributed by atoms with Crippen LogP contribution in [0.4, 0.5) is 14.5 Å². The van der Waals surface area contributed by atoms with Crippen LogP contribution in [0.25, 0.3) is 0 Å². The normalized spacial score (nSPS) is 17.7. The number of aromatic nitrogens is 1. The summed E-state index contributed by atoms with van der Waals surface area (Å²) in [6.07, 6.45) is 4.78. The van der Waals surface area contributed by atoms with Crippen molar-refractivity contribution in [2.24, 2.45) is 5.92 Å². The summed E-state index contributed by atoms with van der Waals surface area (Å²) in [5, 5.41) is 8.87. The molecule has 3 N–H and O–H groups in total. The highest BCUT2D eigenvalue weighted by molar-refractivity contribution is 7.81. The van der Waals surface area contributed by atoms with E-state index in [1.807, 2.05) is 6.07 Å². The molecule has 1 atom stereocenters. The average Bonchev–Trinajstić information content (AvgIpc) is 3.37. The number of anilines is 1. The second kappa shape index (κ2) is 12.3. The summed E-state index contributed by atoms with van der Waals surface area (Å²) in [4.78, 5) is 16.9. The molecule has 2 aromatic rings. The Hall–Kier alpha value is -3.02. The highest BCUT2D eigenvalue weighted by atomic mass is 35.5. The van der Waals surface area contributed by atoms with E-state index in [1.165, 1.54) is 12.1 Å². The molecule has 0 bridgehead atoms. The van der Waals surface area contributed by atoms with Gasteiger partial charge in [0.25, 0.3) is 5.91 Å². The van der Waals surface area contributed by atoms with E-state index >= 15 is 0 Å². The molecule has 0 aliphatic carbocycles. The zero-order chi connectivity index (χ0) is 25.5. The van der Waals surface area contributed by atoms with E-state index in [9.17, 15) is 13.6 Å². The lowest BCUT2D eigenvalue weighted by Crippen LogP contribution is -2.39. The Morgan fingerprint density at radius 2 is 2.22 bits per heavy atom. The molecular formula is C24H25ClF2N4O4S. The van der Waals surface area contributed by atoms with Crippen LogP contribution >= 0.6 is 23.8 Å². The van der Waals surface area contributed by atoms with Gasteiger partial charge in [-0.1, -0.05) is 29.9 Å².